The summed E-state index contributed by atoms with van der Waals surface area (Å²) in [5.74, 6) is 0.323. The molecule has 4 aromatic rings. The number of nitrogens with one attached hydrogen (secondary N) is 2. The van der Waals surface area contributed by atoms with Crippen LogP contribution < -0.4 is 5.32 Å². The maximum atomic E-state index is 12.9. The molecule has 2 fully saturated rings. The summed E-state index contributed by atoms with van der Waals surface area (Å²) in [6, 6.07) is 24.6. The van der Waals surface area contributed by atoms with Crippen LogP contribution in [0.2, 0.25) is 0 Å². The molecule has 1 spiro atoms. The van der Waals surface area contributed by atoms with E-state index in [1.165, 1.54) is 11.1 Å². The van der Waals surface area contributed by atoms with Gasteiger partial charge in [0.1, 0.15) is 0 Å². The summed E-state index contributed by atoms with van der Waals surface area (Å²) >= 11 is 0. The van der Waals surface area contributed by atoms with E-state index in [2.05, 4.69) is 107 Å². The summed E-state index contributed by atoms with van der Waals surface area (Å²) in [7, 11) is 2.23. The lowest BCUT2D eigenvalue weighted by molar-refractivity contribution is -0.118. The van der Waals surface area contributed by atoms with Crippen molar-refractivity contribution in [1.82, 2.24) is 20.0 Å². The Hall–Kier alpha value is -3.74. The first kappa shape index (κ1) is 24.3. The molecule has 1 saturated heterocycles. The second-order valence-corrected chi connectivity index (χ2v) is 11.8. The van der Waals surface area contributed by atoms with E-state index < -0.39 is 5.41 Å². The third-order valence-corrected chi connectivity index (χ3v) is 9.30. The van der Waals surface area contributed by atoms with Crippen molar-refractivity contribution in [2.45, 2.75) is 50.2 Å². The van der Waals surface area contributed by atoms with E-state index in [4.69, 9.17) is 0 Å². The van der Waals surface area contributed by atoms with Gasteiger partial charge < -0.3 is 5.32 Å². The number of likely N-dealkylation sites (N-methyl/N-ethyl adjacent to an activating group) is 1. The molecule has 6 heteroatoms. The Balaban J connectivity index is 1.04. The van der Waals surface area contributed by atoms with Crippen molar-refractivity contribution in [2.24, 2.45) is 0 Å². The zero-order chi connectivity index (χ0) is 26.7. The van der Waals surface area contributed by atoms with Crippen LogP contribution in [0.25, 0.3) is 23.1 Å². The number of aromatic amines is 1. The lowest BCUT2D eigenvalue weighted by Gasteiger charge is -2.42. The van der Waals surface area contributed by atoms with Gasteiger partial charge in [0.2, 0.25) is 5.91 Å². The molecule has 3 heterocycles. The van der Waals surface area contributed by atoms with Gasteiger partial charge in [-0.15, -0.1) is 0 Å². The second kappa shape index (κ2) is 9.18. The Morgan fingerprint density at radius 3 is 2.56 bits per heavy atom. The molecular formula is C33H35N5O. The highest BCUT2D eigenvalue weighted by atomic mass is 16.2. The topological polar surface area (TPSA) is 64.3 Å². The summed E-state index contributed by atoms with van der Waals surface area (Å²) in [6.45, 7) is 7.84. The molecule has 0 unspecified atom stereocenters. The first-order valence-corrected chi connectivity index (χ1v) is 14.0. The van der Waals surface area contributed by atoms with E-state index in [1.807, 2.05) is 18.2 Å². The predicted molar refractivity (Wildman–Crippen MR) is 158 cm³/mol. The quantitative estimate of drug-likeness (QED) is 0.360. The lowest BCUT2D eigenvalue weighted by Crippen LogP contribution is -2.54. The van der Waals surface area contributed by atoms with E-state index in [1.54, 1.807) is 0 Å². The van der Waals surface area contributed by atoms with Crippen molar-refractivity contribution in [3.8, 4) is 0 Å². The number of carbonyl (C=O) groups is 1. The molecule has 3 aromatic carbocycles. The molecule has 1 amide bonds. The summed E-state index contributed by atoms with van der Waals surface area (Å²) in [5, 5.41) is 12.0. The first-order valence-electron chi connectivity index (χ1n) is 14.0. The third-order valence-electron chi connectivity index (χ3n) is 9.30. The second-order valence-electron chi connectivity index (χ2n) is 11.8. The normalized spacial score (nSPS) is 26.9. The summed E-state index contributed by atoms with van der Waals surface area (Å²) in [5.41, 5.74) is 7.31. The van der Waals surface area contributed by atoms with E-state index in [0.717, 1.165) is 59.5 Å². The molecule has 4 atom stereocenters. The van der Waals surface area contributed by atoms with E-state index in [0.29, 0.717) is 12.1 Å². The molecule has 39 heavy (non-hydrogen) atoms. The van der Waals surface area contributed by atoms with E-state index in [-0.39, 0.29) is 11.8 Å². The van der Waals surface area contributed by atoms with Crippen LogP contribution in [-0.2, 0) is 16.8 Å². The number of benzene rings is 3. The molecule has 2 aliphatic heterocycles. The zero-order valence-electron chi connectivity index (χ0n) is 22.8. The number of amides is 1. The van der Waals surface area contributed by atoms with Crippen molar-refractivity contribution in [2.75, 3.05) is 25.5 Å². The number of piperazine rings is 1. The van der Waals surface area contributed by atoms with Gasteiger partial charge in [0.15, 0.2) is 0 Å². The van der Waals surface area contributed by atoms with Crippen LogP contribution in [0.5, 0.6) is 0 Å². The SMILES string of the molecule is C[C@@H]1CN(Cc2ccc(C=Cc3n[nH]c4cc([C@@H]5C[C@@]56C(=O)Nc5ccccc56)ccc34)cc2)C[C@H](C)N1C. The van der Waals surface area contributed by atoms with Crippen LogP contribution in [0.1, 0.15) is 54.1 Å². The fourth-order valence-electron chi connectivity index (χ4n) is 6.76. The van der Waals surface area contributed by atoms with Gasteiger partial charge in [-0.3, -0.25) is 19.7 Å². The van der Waals surface area contributed by atoms with Crippen molar-refractivity contribution in [1.29, 1.82) is 0 Å². The number of nitrogens with zero attached hydrogens (tertiary/aromatic N) is 3. The fourth-order valence-corrected chi connectivity index (χ4v) is 6.76. The van der Waals surface area contributed by atoms with Crippen LogP contribution in [0.4, 0.5) is 5.69 Å². The third kappa shape index (κ3) is 4.10. The average Bonchev–Trinajstić information content (AvgIpc) is 3.47. The lowest BCUT2D eigenvalue weighted by atomic mass is 9.92. The summed E-state index contributed by atoms with van der Waals surface area (Å²) in [4.78, 5) is 17.9. The zero-order valence-corrected chi connectivity index (χ0v) is 22.8. The number of carbonyl (C=O) groups excluding carboxylic acids is 1. The van der Waals surface area contributed by atoms with Gasteiger partial charge in [-0.2, -0.15) is 5.10 Å². The predicted octanol–water partition coefficient (Wildman–Crippen LogP) is 5.64. The Morgan fingerprint density at radius 1 is 1.00 bits per heavy atom. The highest BCUT2D eigenvalue weighted by Crippen LogP contribution is 2.64. The van der Waals surface area contributed by atoms with Crippen molar-refractivity contribution >= 4 is 34.6 Å². The minimum Gasteiger partial charge on any atom is -0.325 e. The highest BCUT2D eigenvalue weighted by molar-refractivity contribution is 6.09. The molecule has 3 aliphatic rings. The van der Waals surface area contributed by atoms with Crippen molar-refractivity contribution in [3.63, 3.8) is 0 Å². The molecular weight excluding hydrogens is 482 g/mol. The molecule has 2 N–H and O–H groups in total. The van der Waals surface area contributed by atoms with Crippen LogP contribution in [0, 0.1) is 0 Å². The smallest absolute Gasteiger partial charge is 0.235 e. The molecule has 6 nitrogen and oxygen atoms in total. The van der Waals surface area contributed by atoms with Crippen LogP contribution >= 0.6 is 0 Å². The molecule has 1 saturated carbocycles. The minimum absolute atomic E-state index is 0.126. The average molecular weight is 518 g/mol. The molecule has 0 bridgehead atoms. The number of H-pyrrole nitrogens is 1. The van der Waals surface area contributed by atoms with Gasteiger partial charge in [-0.05, 0) is 67.8 Å². The number of para-hydroxylation sites is 1. The van der Waals surface area contributed by atoms with Crippen molar-refractivity contribution in [3.05, 3.63) is 94.7 Å². The Morgan fingerprint density at radius 2 is 1.77 bits per heavy atom. The maximum Gasteiger partial charge on any atom is 0.235 e. The molecule has 1 aromatic heterocycles. The van der Waals surface area contributed by atoms with Crippen LogP contribution in [-0.4, -0.2) is 58.1 Å². The Bertz CT molecular complexity index is 1580. The van der Waals surface area contributed by atoms with Crippen LogP contribution in [0.15, 0.2) is 66.7 Å². The maximum absolute atomic E-state index is 12.9. The van der Waals surface area contributed by atoms with Gasteiger partial charge in [0, 0.05) is 48.7 Å². The standard InChI is InChI=1S/C33H35N5O/c1-21-18-38(19-22(2)37(21)3)20-24-10-8-23(9-11-24)12-15-29-26-14-13-25(16-31(26)36-35-29)28-17-33(28)27-6-4-5-7-30(27)34-32(33)39/h4-16,21-22,28H,17-20H2,1-3H3,(H,34,39)(H,35,36)/t21-,22+,28-,33-/m0/s1. The summed E-state index contributed by atoms with van der Waals surface area (Å²) < 4.78 is 0. The van der Waals surface area contributed by atoms with Gasteiger partial charge >= 0.3 is 0 Å². The van der Waals surface area contributed by atoms with E-state index in [9.17, 15) is 4.79 Å². The monoisotopic (exact) mass is 517 g/mol. The van der Waals surface area contributed by atoms with E-state index >= 15 is 0 Å². The highest BCUT2D eigenvalue weighted by Gasteiger charge is 2.65. The van der Waals surface area contributed by atoms with Gasteiger partial charge in [-0.25, -0.2) is 0 Å². The molecule has 7 rings (SSSR count). The number of anilines is 1. The first-order chi connectivity index (χ1) is 18.9. The van der Waals surface area contributed by atoms with Crippen LogP contribution in [0.3, 0.4) is 0 Å². The Labute approximate surface area is 229 Å². The number of rotatable bonds is 5. The number of hydrogen-bond acceptors (Lipinski definition) is 4. The number of hydrogen-bond donors (Lipinski definition) is 2. The largest absolute Gasteiger partial charge is 0.325 e. The molecule has 198 valence electrons. The fraction of sp³-hybridized carbons (Fsp3) is 0.333. The van der Waals surface area contributed by atoms with Gasteiger partial charge in [0.25, 0.3) is 0 Å². The van der Waals surface area contributed by atoms with Gasteiger partial charge in [-0.1, -0.05) is 60.7 Å². The molecule has 1 aliphatic carbocycles. The Kier molecular flexibility index (Phi) is 5.72. The minimum atomic E-state index is -0.417. The van der Waals surface area contributed by atoms with Gasteiger partial charge in [0.05, 0.1) is 16.6 Å². The molecule has 0 radical (unpaired) electrons. The summed E-state index contributed by atoms with van der Waals surface area (Å²) in [6.07, 6.45) is 5.06. The number of fused-ring (bicyclic) bond motifs is 3. The van der Waals surface area contributed by atoms with Crippen molar-refractivity contribution < 1.29 is 4.79 Å². The number of aromatic nitrogens is 2.